The van der Waals surface area contributed by atoms with Crippen LogP contribution in [0, 0.1) is 0 Å². The van der Waals surface area contributed by atoms with Crippen molar-refractivity contribution in [2.24, 2.45) is 5.73 Å². The highest BCUT2D eigenvalue weighted by atomic mass is 32.1. The highest BCUT2D eigenvalue weighted by Crippen LogP contribution is 2.24. The number of hydrogen-bond acceptors (Lipinski definition) is 3. The van der Waals surface area contributed by atoms with E-state index in [1.807, 2.05) is 0 Å². The van der Waals surface area contributed by atoms with E-state index in [2.05, 4.69) is 47.2 Å². The molecule has 1 aromatic rings. The molecule has 0 saturated carbocycles. The van der Waals surface area contributed by atoms with Crippen LogP contribution < -0.4 is 5.73 Å². The molecule has 19 heavy (non-hydrogen) atoms. The topological polar surface area (TPSA) is 32.5 Å². The molecule has 1 heterocycles. The molecule has 1 fully saturated rings. The first-order valence-corrected chi connectivity index (χ1v) is 7.33. The summed E-state index contributed by atoms with van der Waals surface area (Å²) in [5.41, 5.74) is 6.99. The maximum absolute atomic E-state index is 5.58. The predicted octanol–water partition coefficient (Wildman–Crippen LogP) is 2.04. The lowest BCUT2D eigenvalue weighted by Crippen LogP contribution is -2.47. The van der Waals surface area contributed by atoms with E-state index < -0.39 is 0 Å². The smallest absolute Gasteiger partial charge is 0.0727 e. The van der Waals surface area contributed by atoms with Crippen molar-refractivity contribution in [2.75, 3.05) is 33.2 Å². The standard InChI is InChI=1S/C15H23N3S/c1-17-10-11-18(9-5-8-15(16)19)14(12-17)13-6-3-2-4-7-13/h2-4,6-7,14H,5,8-12H2,1H3,(H2,16,19). The van der Waals surface area contributed by atoms with Gasteiger partial charge >= 0.3 is 0 Å². The lowest BCUT2D eigenvalue weighted by molar-refractivity contribution is 0.0893. The quantitative estimate of drug-likeness (QED) is 0.835. The zero-order valence-corrected chi connectivity index (χ0v) is 12.4. The third-order valence-electron chi connectivity index (χ3n) is 3.75. The predicted molar refractivity (Wildman–Crippen MR) is 84.3 cm³/mol. The van der Waals surface area contributed by atoms with Crippen LogP contribution in [0.2, 0.25) is 0 Å². The van der Waals surface area contributed by atoms with Gasteiger partial charge in [0.15, 0.2) is 0 Å². The van der Waals surface area contributed by atoms with E-state index in [1.165, 1.54) is 5.56 Å². The van der Waals surface area contributed by atoms with Gasteiger partial charge in [-0.3, -0.25) is 4.90 Å². The zero-order valence-electron chi connectivity index (χ0n) is 11.6. The van der Waals surface area contributed by atoms with Crippen LogP contribution in [0.25, 0.3) is 0 Å². The fourth-order valence-electron chi connectivity index (χ4n) is 2.67. The third-order valence-corrected chi connectivity index (χ3v) is 3.95. The average molecular weight is 277 g/mol. The molecule has 3 nitrogen and oxygen atoms in total. The Morgan fingerprint density at radius 3 is 2.74 bits per heavy atom. The fraction of sp³-hybridized carbons (Fsp3) is 0.533. The molecule has 1 unspecified atom stereocenters. The fourth-order valence-corrected chi connectivity index (χ4v) is 2.82. The second-order valence-electron chi connectivity index (χ2n) is 5.29. The Labute approximate surface area is 121 Å². The van der Waals surface area contributed by atoms with E-state index in [4.69, 9.17) is 18.0 Å². The lowest BCUT2D eigenvalue weighted by Gasteiger charge is -2.40. The van der Waals surface area contributed by atoms with Crippen molar-refractivity contribution < 1.29 is 0 Å². The molecule has 0 radical (unpaired) electrons. The molecule has 1 saturated heterocycles. The molecule has 0 bridgehead atoms. The van der Waals surface area contributed by atoms with E-state index >= 15 is 0 Å². The van der Waals surface area contributed by atoms with E-state index in [0.717, 1.165) is 39.0 Å². The van der Waals surface area contributed by atoms with Crippen LogP contribution in [0.3, 0.4) is 0 Å². The summed E-state index contributed by atoms with van der Waals surface area (Å²) >= 11 is 4.96. The molecule has 1 atom stereocenters. The molecule has 4 heteroatoms. The van der Waals surface area contributed by atoms with E-state index in [-0.39, 0.29) is 0 Å². The van der Waals surface area contributed by atoms with Crippen molar-refractivity contribution in [3.63, 3.8) is 0 Å². The second-order valence-corrected chi connectivity index (χ2v) is 5.82. The Kier molecular flexibility index (Phi) is 5.31. The van der Waals surface area contributed by atoms with E-state index in [9.17, 15) is 0 Å². The molecule has 0 aromatic heterocycles. The molecule has 2 rings (SSSR count). The van der Waals surface area contributed by atoms with Gasteiger partial charge in [-0.2, -0.15) is 0 Å². The highest BCUT2D eigenvalue weighted by molar-refractivity contribution is 7.80. The maximum Gasteiger partial charge on any atom is 0.0727 e. The summed E-state index contributed by atoms with van der Waals surface area (Å²) in [6.45, 7) is 4.42. The normalized spacial score (nSPS) is 21.4. The van der Waals surface area contributed by atoms with Crippen LogP contribution in [0.5, 0.6) is 0 Å². The highest BCUT2D eigenvalue weighted by Gasteiger charge is 2.25. The van der Waals surface area contributed by atoms with Crippen LogP contribution in [-0.2, 0) is 0 Å². The Hall–Kier alpha value is -0.970. The minimum atomic E-state index is 0.492. The van der Waals surface area contributed by atoms with Gasteiger partial charge in [0.2, 0.25) is 0 Å². The number of benzene rings is 1. The van der Waals surface area contributed by atoms with Gasteiger partial charge in [-0.15, -0.1) is 0 Å². The summed E-state index contributed by atoms with van der Waals surface area (Å²) in [4.78, 5) is 5.60. The molecule has 1 aliphatic rings. The number of hydrogen-bond donors (Lipinski definition) is 1. The molecule has 1 aromatic carbocycles. The molecule has 1 aliphatic heterocycles. The Bertz CT molecular complexity index is 407. The molecule has 104 valence electrons. The summed E-state index contributed by atoms with van der Waals surface area (Å²) in [5, 5.41) is 0. The first-order valence-electron chi connectivity index (χ1n) is 6.92. The molecule has 0 aliphatic carbocycles. The van der Waals surface area contributed by atoms with E-state index in [1.54, 1.807) is 0 Å². The van der Waals surface area contributed by atoms with Crippen molar-refractivity contribution in [2.45, 2.75) is 18.9 Å². The SMILES string of the molecule is CN1CCN(CCCC(N)=S)C(c2ccccc2)C1. The summed E-state index contributed by atoms with van der Waals surface area (Å²) in [6, 6.07) is 11.3. The number of nitrogens with two attached hydrogens (primary N) is 1. The van der Waals surface area contributed by atoms with Gasteiger partial charge in [-0.25, -0.2) is 0 Å². The number of thiocarbonyl (C=S) groups is 1. The van der Waals surface area contributed by atoms with Crippen LogP contribution in [-0.4, -0.2) is 48.0 Å². The van der Waals surface area contributed by atoms with Crippen molar-refractivity contribution in [1.29, 1.82) is 0 Å². The minimum absolute atomic E-state index is 0.492. The van der Waals surface area contributed by atoms with Gasteiger partial charge in [0.05, 0.1) is 4.99 Å². The summed E-state index contributed by atoms with van der Waals surface area (Å²) < 4.78 is 0. The molecule has 0 spiro atoms. The Morgan fingerprint density at radius 1 is 1.32 bits per heavy atom. The number of rotatable bonds is 5. The first-order chi connectivity index (χ1) is 9.16. The van der Waals surface area contributed by atoms with Gasteiger partial charge in [-0.05, 0) is 32.0 Å². The third kappa shape index (κ3) is 4.27. The van der Waals surface area contributed by atoms with Gasteiger partial charge < -0.3 is 10.6 Å². The maximum atomic E-state index is 5.58. The monoisotopic (exact) mass is 277 g/mol. The Morgan fingerprint density at radius 2 is 2.05 bits per heavy atom. The van der Waals surface area contributed by atoms with Crippen molar-refractivity contribution in [3.8, 4) is 0 Å². The lowest BCUT2D eigenvalue weighted by atomic mass is 10.0. The summed E-state index contributed by atoms with van der Waals surface area (Å²) in [5.74, 6) is 0. The largest absolute Gasteiger partial charge is 0.393 e. The number of likely N-dealkylation sites (N-methyl/N-ethyl adjacent to an activating group) is 1. The average Bonchev–Trinajstić information content (AvgIpc) is 2.41. The number of piperazine rings is 1. The van der Waals surface area contributed by atoms with Crippen LogP contribution >= 0.6 is 12.2 Å². The zero-order chi connectivity index (χ0) is 13.7. The summed E-state index contributed by atoms with van der Waals surface area (Å²) in [7, 11) is 2.20. The van der Waals surface area contributed by atoms with Crippen molar-refractivity contribution in [1.82, 2.24) is 9.80 Å². The second kappa shape index (κ2) is 6.98. The van der Waals surface area contributed by atoms with Crippen LogP contribution in [0.15, 0.2) is 30.3 Å². The van der Waals surface area contributed by atoms with Gasteiger partial charge in [0.25, 0.3) is 0 Å². The van der Waals surface area contributed by atoms with E-state index in [0.29, 0.717) is 11.0 Å². The molecular weight excluding hydrogens is 254 g/mol. The van der Waals surface area contributed by atoms with Crippen molar-refractivity contribution in [3.05, 3.63) is 35.9 Å². The molecule has 2 N–H and O–H groups in total. The Balaban J connectivity index is 2.00. The molecule has 0 amide bonds. The van der Waals surface area contributed by atoms with Crippen molar-refractivity contribution >= 4 is 17.2 Å². The van der Waals surface area contributed by atoms with Crippen LogP contribution in [0.4, 0.5) is 0 Å². The van der Waals surface area contributed by atoms with Gasteiger partial charge in [-0.1, -0.05) is 42.5 Å². The van der Waals surface area contributed by atoms with Crippen LogP contribution in [0.1, 0.15) is 24.4 Å². The van der Waals surface area contributed by atoms with Gasteiger partial charge in [0.1, 0.15) is 0 Å². The summed E-state index contributed by atoms with van der Waals surface area (Å²) in [6.07, 6.45) is 1.91. The number of nitrogens with zero attached hydrogens (tertiary/aromatic N) is 2. The molecular formula is C15H23N3S. The first kappa shape index (κ1) is 14.4. The van der Waals surface area contributed by atoms with Gasteiger partial charge in [0, 0.05) is 25.7 Å². The minimum Gasteiger partial charge on any atom is -0.393 e.